The van der Waals surface area contributed by atoms with Crippen LogP contribution in [0.5, 0.6) is 0 Å². The van der Waals surface area contributed by atoms with E-state index >= 15 is 0 Å². The number of fused-ring (bicyclic) bond motifs is 1. The molecule has 98 valence electrons. The largest absolute Gasteiger partial charge is 0.311 e. The fourth-order valence-electron chi connectivity index (χ4n) is 2.82. The van der Waals surface area contributed by atoms with E-state index in [1.807, 2.05) is 0 Å². The van der Waals surface area contributed by atoms with E-state index in [0.29, 0.717) is 5.41 Å². The summed E-state index contributed by atoms with van der Waals surface area (Å²) in [4.78, 5) is 5.75. The number of thiazole rings is 1. The zero-order chi connectivity index (χ0) is 12.8. The zero-order valence-electron chi connectivity index (χ0n) is 11.4. The van der Waals surface area contributed by atoms with Crippen molar-refractivity contribution < 1.29 is 0 Å². The Hall–Kier alpha value is -0.870. The van der Waals surface area contributed by atoms with Gasteiger partial charge >= 0.3 is 0 Å². The van der Waals surface area contributed by atoms with Crippen LogP contribution in [0.3, 0.4) is 0 Å². The molecule has 0 aromatic carbocycles. The maximum Gasteiger partial charge on any atom is 0.194 e. The van der Waals surface area contributed by atoms with Gasteiger partial charge in [0.05, 0.1) is 11.4 Å². The Bertz CT molecular complexity index is 563. The van der Waals surface area contributed by atoms with E-state index in [0.717, 1.165) is 23.7 Å². The Morgan fingerprint density at radius 1 is 1.44 bits per heavy atom. The van der Waals surface area contributed by atoms with Gasteiger partial charge in [0.25, 0.3) is 0 Å². The first-order valence-electron chi connectivity index (χ1n) is 6.72. The van der Waals surface area contributed by atoms with Gasteiger partial charge in [-0.25, -0.2) is 4.98 Å². The lowest BCUT2D eigenvalue weighted by molar-refractivity contribution is 0.156. The summed E-state index contributed by atoms with van der Waals surface area (Å²) in [5, 5.41) is 5.80. The first-order chi connectivity index (χ1) is 8.59. The molecule has 18 heavy (non-hydrogen) atoms. The zero-order valence-corrected chi connectivity index (χ0v) is 12.2. The van der Waals surface area contributed by atoms with Crippen LogP contribution in [0.2, 0.25) is 0 Å². The van der Waals surface area contributed by atoms with E-state index in [2.05, 4.69) is 40.9 Å². The highest BCUT2D eigenvalue weighted by molar-refractivity contribution is 7.15. The molecule has 0 unspecified atom stereocenters. The third-order valence-electron chi connectivity index (χ3n) is 4.23. The van der Waals surface area contributed by atoms with Crippen LogP contribution in [-0.2, 0) is 6.54 Å². The second-order valence-corrected chi connectivity index (χ2v) is 6.74. The van der Waals surface area contributed by atoms with Gasteiger partial charge in [-0.05, 0) is 32.1 Å². The Kier molecular flexibility index (Phi) is 2.94. The van der Waals surface area contributed by atoms with Crippen LogP contribution in [-0.4, -0.2) is 15.9 Å². The van der Waals surface area contributed by atoms with Gasteiger partial charge in [0.2, 0.25) is 0 Å². The SMILES string of the molecule is Cc1nc2scc(C)n2c1CNCC1(C)CCC1. The molecule has 1 fully saturated rings. The van der Waals surface area contributed by atoms with Gasteiger partial charge in [0, 0.05) is 24.2 Å². The van der Waals surface area contributed by atoms with Crippen LogP contribution in [0.25, 0.3) is 4.96 Å². The first kappa shape index (κ1) is 12.2. The third kappa shape index (κ3) is 1.97. The van der Waals surface area contributed by atoms with Crippen LogP contribution in [0.1, 0.15) is 43.3 Å². The van der Waals surface area contributed by atoms with Gasteiger partial charge in [-0.15, -0.1) is 11.3 Å². The van der Waals surface area contributed by atoms with Gasteiger partial charge in [-0.2, -0.15) is 0 Å². The number of rotatable bonds is 4. The molecule has 1 saturated carbocycles. The number of hydrogen-bond donors (Lipinski definition) is 1. The molecule has 1 aliphatic carbocycles. The van der Waals surface area contributed by atoms with Crippen molar-refractivity contribution in [3.05, 3.63) is 22.5 Å². The monoisotopic (exact) mass is 263 g/mol. The molecular formula is C14H21N3S. The summed E-state index contributed by atoms with van der Waals surface area (Å²) < 4.78 is 2.29. The highest BCUT2D eigenvalue weighted by Gasteiger charge is 2.31. The van der Waals surface area contributed by atoms with Crippen molar-refractivity contribution in [2.24, 2.45) is 5.41 Å². The Morgan fingerprint density at radius 3 is 2.89 bits per heavy atom. The number of aryl methyl sites for hydroxylation is 2. The van der Waals surface area contributed by atoms with E-state index in [1.165, 1.54) is 30.7 Å². The normalized spacial score (nSPS) is 18.2. The number of nitrogens with one attached hydrogen (secondary N) is 1. The van der Waals surface area contributed by atoms with Gasteiger partial charge in [-0.3, -0.25) is 4.40 Å². The van der Waals surface area contributed by atoms with Gasteiger partial charge in [0.15, 0.2) is 4.96 Å². The molecule has 1 aliphatic rings. The van der Waals surface area contributed by atoms with Crippen molar-refractivity contribution in [1.29, 1.82) is 0 Å². The minimum atomic E-state index is 0.543. The van der Waals surface area contributed by atoms with E-state index in [9.17, 15) is 0 Å². The highest BCUT2D eigenvalue weighted by Crippen LogP contribution is 2.39. The van der Waals surface area contributed by atoms with Crippen molar-refractivity contribution in [1.82, 2.24) is 14.7 Å². The highest BCUT2D eigenvalue weighted by atomic mass is 32.1. The fourth-order valence-corrected chi connectivity index (χ4v) is 3.75. The van der Waals surface area contributed by atoms with E-state index < -0.39 is 0 Å². The molecule has 0 aliphatic heterocycles. The van der Waals surface area contributed by atoms with Crippen molar-refractivity contribution in [3.8, 4) is 0 Å². The molecule has 2 aromatic heterocycles. The Labute approximate surface area is 112 Å². The fraction of sp³-hybridized carbons (Fsp3) is 0.643. The summed E-state index contributed by atoms with van der Waals surface area (Å²) >= 11 is 1.73. The van der Waals surface area contributed by atoms with Crippen LogP contribution in [0.15, 0.2) is 5.38 Å². The Balaban J connectivity index is 1.73. The van der Waals surface area contributed by atoms with Gasteiger partial charge in [-0.1, -0.05) is 13.3 Å². The quantitative estimate of drug-likeness (QED) is 0.917. The summed E-state index contributed by atoms with van der Waals surface area (Å²) in [6, 6.07) is 0. The van der Waals surface area contributed by atoms with Crippen LogP contribution >= 0.6 is 11.3 Å². The smallest absolute Gasteiger partial charge is 0.194 e. The molecule has 0 radical (unpaired) electrons. The van der Waals surface area contributed by atoms with E-state index in [4.69, 9.17) is 0 Å². The lowest BCUT2D eigenvalue weighted by Crippen LogP contribution is -2.37. The molecule has 0 saturated heterocycles. The molecule has 3 nitrogen and oxygen atoms in total. The van der Waals surface area contributed by atoms with E-state index in [1.54, 1.807) is 11.3 Å². The number of imidazole rings is 1. The van der Waals surface area contributed by atoms with Crippen molar-refractivity contribution in [2.45, 2.75) is 46.6 Å². The lowest BCUT2D eigenvalue weighted by atomic mass is 9.70. The lowest BCUT2D eigenvalue weighted by Gasteiger charge is -2.38. The van der Waals surface area contributed by atoms with Crippen molar-refractivity contribution in [3.63, 3.8) is 0 Å². The molecule has 1 N–H and O–H groups in total. The molecule has 0 atom stereocenters. The number of aromatic nitrogens is 2. The molecule has 0 bridgehead atoms. The molecular weight excluding hydrogens is 242 g/mol. The molecule has 0 spiro atoms. The summed E-state index contributed by atoms with van der Waals surface area (Å²) in [6.45, 7) is 8.71. The van der Waals surface area contributed by atoms with Crippen LogP contribution < -0.4 is 5.32 Å². The number of hydrogen-bond acceptors (Lipinski definition) is 3. The molecule has 2 heterocycles. The summed E-state index contributed by atoms with van der Waals surface area (Å²) in [7, 11) is 0. The summed E-state index contributed by atoms with van der Waals surface area (Å²) in [6.07, 6.45) is 4.15. The maximum absolute atomic E-state index is 4.62. The summed E-state index contributed by atoms with van der Waals surface area (Å²) in [5.41, 5.74) is 4.33. The van der Waals surface area contributed by atoms with Crippen molar-refractivity contribution >= 4 is 16.3 Å². The predicted molar refractivity (Wildman–Crippen MR) is 76.2 cm³/mol. The topological polar surface area (TPSA) is 29.3 Å². The third-order valence-corrected chi connectivity index (χ3v) is 5.18. The average Bonchev–Trinajstić information content (AvgIpc) is 2.78. The van der Waals surface area contributed by atoms with E-state index in [-0.39, 0.29) is 0 Å². The molecule has 0 amide bonds. The van der Waals surface area contributed by atoms with Crippen molar-refractivity contribution in [2.75, 3.05) is 6.54 Å². The minimum Gasteiger partial charge on any atom is -0.311 e. The average molecular weight is 263 g/mol. The molecule has 4 heteroatoms. The van der Waals surface area contributed by atoms with Gasteiger partial charge < -0.3 is 5.32 Å². The first-order valence-corrected chi connectivity index (χ1v) is 7.60. The summed E-state index contributed by atoms with van der Waals surface area (Å²) in [5.74, 6) is 0. The maximum atomic E-state index is 4.62. The van der Waals surface area contributed by atoms with Crippen LogP contribution in [0.4, 0.5) is 0 Å². The second kappa shape index (κ2) is 4.35. The predicted octanol–water partition coefficient (Wildman–Crippen LogP) is 3.29. The molecule has 2 aromatic rings. The van der Waals surface area contributed by atoms with Crippen LogP contribution in [0, 0.1) is 19.3 Å². The second-order valence-electron chi connectivity index (χ2n) is 5.91. The Morgan fingerprint density at radius 2 is 2.22 bits per heavy atom. The standard InChI is InChI=1S/C14H21N3S/c1-10-8-18-13-16-11(2)12(17(10)13)7-15-9-14(3)5-4-6-14/h8,15H,4-7,9H2,1-3H3. The number of nitrogens with zero attached hydrogens (tertiary/aromatic N) is 2. The minimum absolute atomic E-state index is 0.543. The molecule has 3 rings (SSSR count). The van der Waals surface area contributed by atoms with Gasteiger partial charge in [0.1, 0.15) is 0 Å².